The van der Waals surface area contributed by atoms with Gasteiger partial charge in [-0.25, -0.2) is 0 Å². The summed E-state index contributed by atoms with van der Waals surface area (Å²) in [6.45, 7) is 0.966. The smallest absolute Gasteiger partial charge is 0.287 e. The highest BCUT2D eigenvalue weighted by Crippen LogP contribution is 2.21. The third-order valence-corrected chi connectivity index (χ3v) is 3.31. The third kappa shape index (κ3) is 1.43. The lowest BCUT2D eigenvalue weighted by atomic mass is 10.4. The van der Waals surface area contributed by atoms with Crippen LogP contribution in [0.25, 0.3) is 0 Å². The number of aryl methyl sites for hydroxylation is 1. The Hall–Kier alpha value is -0.290. The molecule has 64 valence electrons. The van der Waals surface area contributed by atoms with E-state index < -0.39 is 0 Å². The molecule has 1 aromatic rings. The molecule has 3 nitrogen and oxygen atoms in total. The minimum atomic E-state index is -0.171. The van der Waals surface area contributed by atoms with E-state index in [4.69, 9.17) is 0 Å². The van der Waals surface area contributed by atoms with Crippen LogP contribution >= 0.6 is 27.7 Å². The molecule has 5 heteroatoms. The fourth-order valence-corrected chi connectivity index (χ4v) is 2.37. The maximum absolute atomic E-state index is 11.1. The van der Waals surface area contributed by atoms with E-state index in [2.05, 4.69) is 20.9 Å². The number of aromatic nitrogens is 2. The number of fused-ring (bicyclic) bond motifs is 1. The summed E-state index contributed by atoms with van der Waals surface area (Å²) in [5.74, 6) is 1.06. The summed E-state index contributed by atoms with van der Waals surface area (Å²) >= 11 is 4.81. The fourth-order valence-electron chi connectivity index (χ4n) is 1.13. The molecule has 0 saturated carbocycles. The van der Waals surface area contributed by atoms with E-state index >= 15 is 0 Å². The molecule has 0 bridgehead atoms. The molecule has 0 aliphatic carbocycles. The van der Waals surface area contributed by atoms with Crippen LogP contribution in [0.5, 0.6) is 0 Å². The van der Waals surface area contributed by atoms with Crippen molar-refractivity contribution >= 4 is 27.7 Å². The molecule has 1 aliphatic rings. The summed E-state index contributed by atoms with van der Waals surface area (Å²) < 4.78 is 2.56. The lowest BCUT2D eigenvalue weighted by molar-refractivity contribution is 0.574. The molecule has 2 rings (SSSR count). The zero-order chi connectivity index (χ0) is 8.55. The molecule has 2 heterocycles. The monoisotopic (exact) mass is 246 g/mol. The Bertz CT molecular complexity index is 363. The second-order valence-corrected chi connectivity index (χ2v) is 4.49. The summed E-state index contributed by atoms with van der Waals surface area (Å²) in [7, 11) is 0. The Labute approximate surface area is 82.3 Å². The molecular formula is C7H7BrN2OS. The Morgan fingerprint density at radius 1 is 1.67 bits per heavy atom. The van der Waals surface area contributed by atoms with Crippen LogP contribution in [-0.4, -0.2) is 15.3 Å². The Balaban J connectivity index is 2.56. The van der Waals surface area contributed by atoms with Gasteiger partial charge >= 0.3 is 0 Å². The van der Waals surface area contributed by atoms with Crippen molar-refractivity contribution in [1.82, 2.24) is 9.55 Å². The molecule has 0 unspecified atom stereocenters. The third-order valence-electron chi connectivity index (χ3n) is 1.69. The zero-order valence-electron chi connectivity index (χ0n) is 6.29. The van der Waals surface area contributed by atoms with Crippen LogP contribution in [0, 0.1) is 0 Å². The van der Waals surface area contributed by atoms with Crippen molar-refractivity contribution in [1.29, 1.82) is 0 Å². The van der Waals surface area contributed by atoms with Gasteiger partial charge < -0.3 is 4.57 Å². The summed E-state index contributed by atoms with van der Waals surface area (Å²) in [6.07, 6.45) is 2.96. The lowest BCUT2D eigenvalue weighted by Gasteiger charge is -2.16. The lowest BCUT2D eigenvalue weighted by Crippen LogP contribution is -2.18. The van der Waals surface area contributed by atoms with Gasteiger partial charge in [0.25, 0.3) is 5.56 Å². The number of nitrogens with zero attached hydrogens (tertiary/aromatic N) is 2. The average molecular weight is 247 g/mol. The molecule has 0 atom stereocenters. The quantitative estimate of drug-likeness (QED) is 0.651. The molecule has 0 spiro atoms. The van der Waals surface area contributed by atoms with Gasteiger partial charge in [0.2, 0.25) is 0 Å². The molecule has 0 N–H and O–H groups in total. The second kappa shape index (κ2) is 3.22. The largest absolute Gasteiger partial charge is 0.326 e. The minimum absolute atomic E-state index is 0.171. The Kier molecular flexibility index (Phi) is 2.23. The van der Waals surface area contributed by atoms with Crippen LogP contribution in [0.4, 0.5) is 0 Å². The highest BCUT2D eigenvalue weighted by atomic mass is 79.9. The number of halogens is 1. The van der Waals surface area contributed by atoms with E-state index in [9.17, 15) is 4.79 Å². The summed E-state index contributed by atoms with van der Waals surface area (Å²) in [5.41, 5.74) is -0.171. The van der Waals surface area contributed by atoms with Crippen molar-refractivity contribution < 1.29 is 0 Å². The molecule has 0 saturated heterocycles. The Morgan fingerprint density at radius 2 is 2.50 bits per heavy atom. The van der Waals surface area contributed by atoms with Crippen molar-refractivity contribution in [3.8, 4) is 0 Å². The molecule has 0 amide bonds. The molecular weight excluding hydrogens is 240 g/mol. The second-order valence-electron chi connectivity index (χ2n) is 2.57. The van der Waals surface area contributed by atoms with Crippen LogP contribution in [0.15, 0.2) is 20.6 Å². The van der Waals surface area contributed by atoms with Crippen molar-refractivity contribution in [3.05, 3.63) is 21.0 Å². The van der Waals surface area contributed by atoms with E-state index in [-0.39, 0.29) is 5.56 Å². The molecule has 12 heavy (non-hydrogen) atoms. The SMILES string of the molecule is O=c1nc2n(cc1Br)CCCS2. The molecule has 0 fully saturated rings. The summed E-state index contributed by atoms with van der Waals surface area (Å²) in [6, 6.07) is 0. The predicted molar refractivity (Wildman–Crippen MR) is 51.5 cm³/mol. The number of hydrogen-bond acceptors (Lipinski definition) is 3. The number of rotatable bonds is 0. The van der Waals surface area contributed by atoms with Crippen molar-refractivity contribution in [2.45, 2.75) is 18.1 Å². The van der Waals surface area contributed by atoms with E-state index in [1.54, 1.807) is 11.8 Å². The van der Waals surface area contributed by atoms with Crippen LogP contribution in [0.2, 0.25) is 0 Å². The summed E-state index contributed by atoms with van der Waals surface area (Å²) in [4.78, 5) is 15.0. The first kappa shape index (κ1) is 8.31. The minimum Gasteiger partial charge on any atom is -0.326 e. The van der Waals surface area contributed by atoms with E-state index in [0.717, 1.165) is 23.9 Å². The topological polar surface area (TPSA) is 34.9 Å². The van der Waals surface area contributed by atoms with Gasteiger partial charge in [-0.15, -0.1) is 0 Å². The van der Waals surface area contributed by atoms with Gasteiger partial charge in [-0.05, 0) is 22.4 Å². The van der Waals surface area contributed by atoms with E-state index in [0.29, 0.717) is 4.47 Å². The van der Waals surface area contributed by atoms with Gasteiger partial charge in [-0.1, -0.05) is 11.8 Å². The number of hydrogen-bond donors (Lipinski definition) is 0. The van der Waals surface area contributed by atoms with Crippen molar-refractivity contribution in [2.75, 3.05) is 5.75 Å². The van der Waals surface area contributed by atoms with Crippen LogP contribution in [-0.2, 0) is 6.54 Å². The molecule has 1 aliphatic heterocycles. The van der Waals surface area contributed by atoms with Crippen LogP contribution < -0.4 is 5.56 Å². The van der Waals surface area contributed by atoms with Crippen molar-refractivity contribution in [2.24, 2.45) is 0 Å². The first-order chi connectivity index (χ1) is 5.77. The number of thioether (sulfide) groups is 1. The van der Waals surface area contributed by atoms with Gasteiger partial charge in [0.1, 0.15) is 4.47 Å². The van der Waals surface area contributed by atoms with Gasteiger partial charge in [0, 0.05) is 18.5 Å². The predicted octanol–water partition coefficient (Wildman–Crippen LogP) is 1.50. The van der Waals surface area contributed by atoms with Crippen LogP contribution in [0.3, 0.4) is 0 Å². The molecule has 1 aromatic heterocycles. The molecule has 0 radical (unpaired) electrons. The Morgan fingerprint density at radius 3 is 3.33 bits per heavy atom. The maximum Gasteiger partial charge on any atom is 0.287 e. The zero-order valence-corrected chi connectivity index (χ0v) is 8.69. The first-order valence-corrected chi connectivity index (χ1v) is 5.45. The van der Waals surface area contributed by atoms with Gasteiger partial charge in [-0.3, -0.25) is 4.79 Å². The fraction of sp³-hybridized carbons (Fsp3) is 0.429. The van der Waals surface area contributed by atoms with Crippen LogP contribution in [0.1, 0.15) is 6.42 Å². The maximum atomic E-state index is 11.1. The first-order valence-electron chi connectivity index (χ1n) is 3.67. The summed E-state index contributed by atoms with van der Waals surface area (Å²) in [5, 5.41) is 0.842. The average Bonchev–Trinajstić information content (AvgIpc) is 2.07. The van der Waals surface area contributed by atoms with Gasteiger partial charge in [0.05, 0.1) is 0 Å². The van der Waals surface area contributed by atoms with E-state index in [1.165, 1.54) is 0 Å². The standard InChI is InChI=1S/C7H7BrN2OS/c8-5-4-10-2-1-3-12-7(10)9-6(5)11/h4H,1-3H2. The van der Waals surface area contributed by atoms with Crippen molar-refractivity contribution in [3.63, 3.8) is 0 Å². The van der Waals surface area contributed by atoms with Gasteiger partial charge in [0.15, 0.2) is 5.16 Å². The highest BCUT2D eigenvalue weighted by Gasteiger charge is 2.10. The normalized spacial score (nSPS) is 15.8. The molecule has 0 aromatic carbocycles. The highest BCUT2D eigenvalue weighted by molar-refractivity contribution is 9.10. The van der Waals surface area contributed by atoms with E-state index in [1.807, 2.05) is 10.8 Å². The van der Waals surface area contributed by atoms with Gasteiger partial charge in [-0.2, -0.15) is 4.98 Å².